The molecule has 2 unspecified atom stereocenters. The number of hydrogen-bond acceptors (Lipinski definition) is 7. The van der Waals surface area contributed by atoms with Crippen molar-refractivity contribution in [3.05, 3.63) is 58.5 Å². The number of H-pyrrole nitrogens is 2. The number of nitrogens with one attached hydrogen (secondary N) is 5. The van der Waals surface area contributed by atoms with Crippen molar-refractivity contribution in [2.75, 3.05) is 10.7 Å². The van der Waals surface area contributed by atoms with Crippen LogP contribution in [0, 0.1) is 0 Å². The molecule has 0 spiro atoms. The lowest BCUT2D eigenvalue weighted by atomic mass is 10.1. The summed E-state index contributed by atoms with van der Waals surface area (Å²) in [5.74, 6) is -1.51. The Balaban J connectivity index is 1.73. The van der Waals surface area contributed by atoms with Crippen molar-refractivity contribution in [2.45, 2.75) is 19.2 Å². The van der Waals surface area contributed by atoms with Crippen LogP contribution in [-0.4, -0.2) is 44.2 Å². The topological polar surface area (TPSA) is 159 Å². The number of carbonyl (C=O) groups excluding carboxylic acids is 1. The molecule has 2 aromatic carbocycles. The summed E-state index contributed by atoms with van der Waals surface area (Å²) < 4.78 is 0. The number of aliphatic hydroxyl groups is 1. The van der Waals surface area contributed by atoms with Gasteiger partial charge >= 0.3 is 11.7 Å². The first-order valence-electron chi connectivity index (χ1n) is 8.36. The maximum atomic E-state index is 12.0. The third-order valence-corrected chi connectivity index (χ3v) is 4.10. The summed E-state index contributed by atoms with van der Waals surface area (Å²) in [5.41, 5.74) is 6.87. The van der Waals surface area contributed by atoms with E-state index in [1.165, 1.54) is 19.1 Å². The largest absolute Gasteiger partial charge is 0.478 e. The van der Waals surface area contributed by atoms with Crippen molar-refractivity contribution in [3.63, 3.8) is 0 Å². The van der Waals surface area contributed by atoms with Gasteiger partial charge in [-0.2, -0.15) is 0 Å². The molecule has 0 aliphatic carbocycles. The number of imidazole rings is 1. The first kappa shape index (κ1) is 19.1. The molecule has 0 aliphatic heterocycles. The minimum absolute atomic E-state index is 0.0154. The highest BCUT2D eigenvalue weighted by molar-refractivity contribution is 5.94. The second-order valence-electron chi connectivity index (χ2n) is 6.14. The SMILES string of the molecule is CC(=O)C(NNc1ccccc1C(=O)O)C(O)Nc1ccc2[nH]c(=O)[nH]c2c1. The normalized spacial score (nSPS) is 13.1. The number of aliphatic hydroxyl groups excluding tert-OH is 1. The van der Waals surface area contributed by atoms with Crippen LogP contribution in [0.2, 0.25) is 0 Å². The lowest BCUT2D eigenvalue weighted by Crippen LogP contribution is -2.51. The van der Waals surface area contributed by atoms with Gasteiger partial charge in [0.15, 0.2) is 5.78 Å². The number of rotatable bonds is 8. The summed E-state index contributed by atoms with van der Waals surface area (Å²) in [6.45, 7) is 1.29. The van der Waals surface area contributed by atoms with Gasteiger partial charge in [0.1, 0.15) is 12.3 Å². The van der Waals surface area contributed by atoms with Gasteiger partial charge < -0.3 is 30.9 Å². The van der Waals surface area contributed by atoms with Gasteiger partial charge in [-0.1, -0.05) is 12.1 Å². The van der Waals surface area contributed by atoms with E-state index in [2.05, 4.69) is 26.1 Å². The maximum absolute atomic E-state index is 12.0. The molecule has 2 atom stereocenters. The van der Waals surface area contributed by atoms with Gasteiger partial charge in [-0.05, 0) is 37.3 Å². The number of carboxylic acids is 1. The average Bonchev–Trinajstić information content (AvgIpc) is 3.01. The third-order valence-electron chi connectivity index (χ3n) is 4.10. The third kappa shape index (κ3) is 4.19. The van der Waals surface area contributed by atoms with Crippen molar-refractivity contribution in [1.29, 1.82) is 0 Å². The first-order chi connectivity index (χ1) is 13.3. The molecule has 0 radical (unpaired) electrons. The number of benzene rings is 2. The van der Waals surface area contributed by atoms with E-state index in [1.54, 1.807) is 30.3 Å². The number of Topliss-reactive ketones (excluding diaryl/α,β-unsaturated/α-hetero) is 1. The summed E-state index contributed by atoms with van der Waals surface area (Å²) in [5, 5.41) is 22.4. The molecule has 10 nitrogen and oxygen atoms in total. The molecule has 0 saturated carbocycles. The van der Waals surface area contributed by atoms with Gasteiger partial charge in [-0.15, -0.1) is 0 Å². The van der Waals surface area contributed by atoms with Crippen molar-refractivity contribution < 1.29 is 19.8 Å². The van der Waals surface area contributed by atoms with Crippen molar-refractivity contribution >= 4 is 34.2 Å². The lowest BCUT2D eigenvalue weighted by molar-refractivity contribution is -0.120. The highest BCUT2D eigenvalue weighted by Crippen LogP contribution is 2.17. The number of aromatic carboxylic acids is 1. The summed E-state index contributed by atoms with van der Waals surface area (Å²) >= 11 is 0. The fourth-order valence-electron chi connectivity index (χ4n) is 2.71. The fraction of sp³-hybridized carbons (Fsp3) is 0.167. The monoisotopic (exact) mass is 385 g/mol. The number of fused-ring (bicyclic) bond motifs is 1. The smallest absolute Gasteiger partial charge is 0.337 e. The molecule has 3 rings (SSSR count). The lowest BCUT2D eigenvalue weighted by Gasteiger charge is -2.24. The maximum Gasteiger partial charge on any atom is 0.337 e. The van der Waals surface area contributed by atoms with Gasteiger partial charge in [0.2, 0.25) is 0 Å². The van der Waals surface area contributed by atoms with Gasteiger partial charge in [0.25, 0.3) is 0 Å². The Morgan fingerprint density at radius 1 is 1.07 bits per heavy atom. The molecular formula is C18H19N5O5. The van der Waals surface area contributed by atoms with Crippen LogP contribution in [0.15, 0.2) is 47.3 Å². The minimum Gasteiger partial charge on any atom is -0.478 e. The Labute approximate surface area is 158 Å². The number of ketones is 1. The molecule has 10 heteroatoms. The second-order valence-corrected chi connectivity index (χ2v) is 6.14. The zero-order chi connectivity index (χ0) is 20.3. The van der Waals surface area contributed by atoms with Crippen LogP contribution < -0.4 is 21.9 Å². The number of aromatic nitrogens is 2. The molecule has 0 saturated heterocycles. The highest BCUT2D eigenvalue weighted by atomic mass is 16.4. The molecule has 0 fully saturated rings. The fourth-order valence-corrected chi connectivity index (χ4v) is 2.71. The number of hydrogen-bond donors (Lipinski definition) is 7. The highest BCUT2D eigenvalue weighted by Gasteiger charge is 2.24. The minimum atomic E-state index is -1.33. The summed E-state index contributed by atoms with van der Waals surface area (Å²) in [6.07, 6.45) is -1.33. The van der Waals surface area contributed by atoms with E-state index in [0.29, 0.717) is 16.7 Å². The van der Waals surface area contributed by atoms with Crippen LogP contribution in [-0.2, 0) is 4.79 Å². The van der Waals surface area contributed by atoms with Crippen LogP contribution >= 0.6 is 0 Å². The van der Waals surface area contributed by atoms with E-state index in [9.17, 15) is 24.6 Å². The molecule has 0 amide bonds. The molecule has 0 aliphatic rings. The number of anilines is 2. The number of carbonyl (C=O) groups is 2. The number of hydrazine groups is 1. The van der Waals surface area contributed by atoms with Crippen LogP contribution in [0.1, 0.15) is 17.3 Å². The van der Waals surface area contributed by atoms with Gasteiger partial charge in [0, 0.05) is 5.69 Å². The van der Waals surface area contributed by atoms with E-state index in [1.807, 2.05) is 0 Å². The molecule has 3 aromatic rings. The Kier molecular flexibility index (Phi) is 5.43. The molecule has 1 aromatic heterocycles. The molecule has 28 heavy (non-hydrogen) atoms. The standard InChI is InChI=1S/C18H19N5O5/c1-9(24)15(23-22-12-5-3-2-4-11(12)17(26)27)16(25)19-10-6-7-13-14(8-10)21-18(28)20-13/h2-8,15-16,19,22-23,25H,1H3,(H,26,27)(H2,20,21,28). The van der Waals surface area contributed by atoms with E-state index in [0.717, 1.165) is 0 Å². The number of para-hydroxylation sites is 1. The first-order valence-corrected chi connectivity index (χ1v) is 8.36. The van der Waals surface area contributed by atoms with E-state index >= 15 is 0 Å². The molecule has 1 heterocycles. The predicted octanol–water partition coefficient (Wildman–Crippen LogP) is 0.859. The molecular weight excluding hydrogens is 366 g/mol. The van der Waals surface area contributed by atoms with Crippen molar-refractivity contribution in [2.24, 2.45) is 0 Å². The van der Waals surface area contributed by atoms with Crippen molar-refractivity contribution in [1.82, 2.24) is 15.4 Å². The Morgan fingerprint density at radius 2 is 1.79 bits per heavy atom. The Bertz CT molecular complexity index is 1070. The van der Waals surface area contributed by atoms with E-state index in [-0.39, 0.29) is 22.7 Å². The van der Waals surface area contributed by atoms with Crippen LogP contribution in [0.5, 0.6) is 0 Å². The summed E-state index contributed by atoms with van der Waals surface area (Å²) in [7, 11) is 0. The number of aromatic amines is 2. The zero-order valence-corrected chi connectivity index (χ0v) is 14.8. The van der Waals surface area contributed by atoms with Crippen LogP contribution in [0.3, 0.4) is 0 Å². The van der Waals surface area contributed by atoms with E-state index in [4.69, 9.17) is 0 Å². The molecule has 146 valence electrons. The zero-order valence-electron chi connectivity index (χ0n) is 14.8. The Morgan fingerprint density at radius 3 is 2.50 bits per heavy atom. The summed E-state index contributed by atoms with van der Waals surface area (Å²) in [6, 6.07) is 9.99. The quantitative estimate of drug-likeness (QED) is 0.222. The van der Waals surface area contributed by atoms with Crippen LogP contribution in [0.25, 0.3) is 11.0 Å². The Hall–Kier alpha value is -3.63. The average molecular weight is 385 g/mol. The van der Waals surface area contributed by atoms with Crippen LogP contribution in [0.4, 0.5) is 11.4 Å². The molecule has 7 N–H and O–H groups in total. The van der Waals surface area contributed by atoms with Gasteiger partial charge in [-0.25, -0.2) is 15.0 Å². The predicted molar refractivity (Wildman–Crippen MR) is 103 cm³/mol. The van der Waals surface area contributed by atoms with Crippen molar-refractivity contribution in [3.8, 4) is 0 Å². The number of carboxylic acid groups (broad SMARTS) is 1. The van der Waals surface area contributed by atoms with Gasteiger partial charge in [0.05, 0.1) is 22.3 Å². The molecule has 0 bridgehead atoms. The summed E-state index contributed by atoms with van der Waals surface area (Å²) in [4.78, 5) is 39.8. The van der Waals surface area contributed by atoms with Gasteiger partial charge in [-0.3, -0.25) is 4.79 Å². The van der Waals surface area contributed by atoms with E-state index < -0.39 is 18.2 Å². The second kappa shape index (κ2) is 7.94.